The van der Waals surface area contributed by atoms with E-state index in [4.69, 9.17) is 11.6 Å². The molecule has 31 heavy (non-hydrogen) atoms. The van der Waals surface area contributed by atoms with Crippen LogP contribution in [0.5, 0.6) is 0 Å². The highest BCUT2D eigenvalue weighted by Crippen LogP contribution is 2.26. The molecule has 2 heterocycles. The van der Waals surface area contributed by atoms with Crippen molar-refractivity contribution in [3.05, 3.63) is 81.4 Å². The molecule has 0 atom stereocenters. The van der Waals surface area contributed by atoms with Gasteiger partial charge in [-0.1, -0.05) is 17.7 Å². The SMILES string of the molecule is Cc1ccc(NC(=O)C2CCN(c3ccc(=O)n(-c4ccc(F)cc4)n3)CC2)c(Cl)c1. The van der Waals surface area contributed by atoms with E-state index in [2.05, 4.69) is 10.4 Å². The van der Waals surface area contributed by atoms with Crippen molar-refractivity contribution in [2.24, 2.45) is 5.92 Å². The number of amides is 1. The number of halogens is 2. The van der Waals surface area contributed by atoms with Gasteiger partial charge in [0.15, 0.2) is 0 Å². The molecule has 4 rings (SSSR count). The Bertz CT molecular complexity index is 1150. The average Bonchev–Trinajstić information content (AvgIpc) is 2.77. The van der Waals surface area contributed by atoms with Gasteiger partial charge in [0, 0.05) is 25.1 Å². The molecule has 0 bridgehead atoms. The summed E-state index contributed by atoms with van der Waals surface area (Å²) in [7, 11) is 0. The van der Waals surface area contributed by atoms with Crippen LogP contribution < -0.4 is 15.8 Å². The lowest BCUT2D eigenvalue weighted by molar-refractivity contribution is -0.120. The summed E-state index contributed by atoms with van der Waals surface area (Å²) in [5.74, 6) is 0.0934. The molecule has 1 aliphatic rings. The number of carbonyl (C=O) groups is 1. The summed E-state index contributed by atoms with van der Waals surface area (Å²) in [6.07, 6.45) is 1.32. The number of nitrogens with one attached hydrogen (secondary N) is 1. The minimum absolute atomic E-state index is 0.0466. The topological polar surface area (TPSA) is 67.2 Å². The number of aryl methyl sites for hydroxylation is 1. The molecule has 0 spiro atoms. The van der Waals surface area contributed by atoms with Crippen molar-refractivity contribution >= 4 is 29.0 Å². The number of piperidine rings is 1. The normalized spacial score (nSPS) is 14.5. The van der Waals surface area contributed by atoms with Crippen molar-refractivity contribution in [3.63, 3.8) is 0 Å². The molecule has 1 aromatic heterocycles. The highest BCUT2D eigenvalue weighted by molar-refractivity contribution is 6.33. The molecule has 160 valence electrons. The number of nitrogens with zero attached hydrogens (tertiary/aromatic N) is 3. The molecule has 0 aliphatic carbocycles. The molecule has 1 saturated heterocycles. The van der Waals surface area contributed by atoms with Gasteiger partial charge in [-0.15, -0.1) is 5.10 Å². The number of benzene rings is 2. The maximum Gasteiger partial charge on any atom is 0.271 e. The monoisotopic (exact) mass is 440 g/mol. The highest BCUT2D eigenvalue weighted by atomic mass is 35.5. The third-order valence-corrected chi connectivity index (χ3v) is 5.74. The molecule has 0 saturated carbocycles. The quantitative estimate of drug-likeness (QED) is 0.660. The Balaban J connectivity index is 1.43. The number of anilines is 2. The van der Waals surface area contributed by atoms with Gasteiger partial charge in [-0.2, -0.15) is 4.68 Å². The lowest BCUT2D eigenvalue weighted by atomic mass is 9.95. The van der Waals surface area contributed by atoms with Gasteiger partial charge in [0.05, 0.1) is 16.4 Å². The first-order chi connectivity index (χ1) is 14.9. The number of rotatable bonds is 4. The second-order valence-corrected chi connectivity index (χ2v) is 8.06. The lowest BCUT2D eigenvalue weighted by Gasteiger charge is -2.32. The molecular weight excluding hydrogens is 419 g/mol. The fourth-order valence-corrected chi connectivity index (χ4v) is 3.95. The summed E-state index contributed by atoms with van der Waals surface area (Å²) in [5.41, 5.74) is 1.86. The van der Waals surface area contributed by atoms with Crippen LogP contribution in [0.3, 0.4) is 0 Å². The first-order valence-corrected chi connectivity index (χ1v) is 10.5. The Morgan fingerprint density at radius 2 is 1.81 bits per heavy atom. The minimum atomic E-state index is -0.375. The summed E-state index contributed by atoms with van der Waals surface area (Å²) in [5, 5.41) is 7.89. The summed E-state index contributed by atoms with van der Waals surface area (Å²) in [6, 6.07) is 14.3. The van der Waals surface area contributed by atoms with Crippen LogP contribution in [0.1, 0.15) is 18.4 Å². The van der Waals surface area contributed by atoms with Gasteiger partial charge in [0.25, 0.3) is 5.56 Å². The Morgan fingerprint density at radius 1 is 1.10 bits per heavy atom. The van der Waals surface area contributed by atoms with E-state index >= 15 is 0 Å². The van der Waals surface area contributed by atoms with Crippen LogP contribution in [-0.4, -0.2) is 28.8 Å². The van der Waals surface area contributed by atoms with Gasteiger partial charge < -0.3 is 10.2 Å². The Labute approximate surface area is 184 Å². The van der Waals surface area contributed by atoms with Gasteiger partial charge in [-0.3, -0.25) is 9.59 Å². The van der Waals surface area contributed by atoms with Crippen molar-refractivity contribution in [1.29, 1.82) is 0 Å². The van der Waals surface area contributed by atoms with Crippen molar-refractivity contribution < 1.29 is 9.18 Å². The molecule has 2 aromatic carbocycles. The molecule has 1 aliphatic heterocycles. The van der Waals surface area contributed by atoms with Gasteiger partial charge >= 0.3 is 0 Å². The summed E-state index contributed by atoms with van der Waals surface area (Å²) >= 11 is 6.22. The van der Waals surface area contributed by atoms with Gasteiger partial charge in [-0.25, -0.2) is 4.39 Å². The maximum absolute atomic E-state index is 13.2. The van der Waals surface area contributed by atoms with E-state index in [1.807, 2.05) is 30.0 Å². The number of carbonyl (C=O) groups excluding carboxylic acids is 1. The number of aromatic nitrogens is 2. The predicted octanol–water partition coefficient (Wildman–Crippen LogP) is 4.19. The van der Waals surface area contributed by atoms with Crippen LogP contribution in [0.4, 0.5) is 15.9 Å². The Morgan fingerprint density at radius 3 is 2.48 bits per heavy atom. The molecule has 6 nitrogen and oxygen atoms in total. The fourth-order valence-electron chi connectivity index (χ4n) is 3.66. The van der Waals surface area contributed by atoms with E-state index in [-0.39, 0.29) is 23.2 Å². The predicted molar refractivity (Wildman–Crippen MR) is 120 cm³/mol. The van der Waals surface area contributed by atoms with Crippen molar-refractivity contribution in [3.8, 4) is 5.69 Å². The number of hydrogen-bond donors (Lipinski definition) is 1. The van der Waals surface area contributed by atoms with Gasteiger partial charge in [0.1, 0.15) is 11.6 Å². The average molecular weight is 441 g/mol. The van der Waals surface area contributed by atoms with Gasteiger partial charge in [-0.05, 0) is 67.8 Å². The molecule has 8 heteroatoms. The maximum atomic E-state index is 13.2. The van der Waals surface area contributed by atoms with E-state index in [0.29, 0.717) is 48.1 Å². The molecule has 1 N–H and O–H groups in total. The second-order valence-electron chi connectivity index (χ2n) is 7.65. The second kappa shape index (κ2) is 8.89. The smallest absolute Gasteiger partial charge is 0.271 e. The fraction of sp³-hybridized carbons (Fsp3) is 0.261. The minimum Gasteiger partial charge on any atom is -0.355 e. The summed E-state index contributed by atoms with van der Waals surface area (Å²) < 4.78 is 14.5. The third kappa shape index (κ3) is 4.77. The van der Waals surface area contributed by atoms with E-state index in [1.165, 1.54) is 35.0 Å². The Hall–Kier alpha value is -3.19. The zero-order chi connectivity index (χ0) is 22.0. The van der Waals surface area contributed by atoms with E-state index in [0.717, 1.165) is 5.56 Å². The lowest BCUT2D eigenvalue weighted by Crippen LogP contribution is -2.39. The van der Waals surface area contributed by atoms with Crippen LogP contribution in [0.15, 0.2) is 59.4 Å². The molecule has 3 aromatic rings. The van der Waals surface area contributed by atoms with Crippen LogP contribution in [0, 0.1) is 18.7 Å². The largest absolute Gasteiger partial charge is 0.355 e. The Kier molecular flexibility index (Phi) is 6.04. The van der Waals surface area contributed by atoms with Crippen molar-refractivity contribution in [2.45, 2.75) is 19.8 Å². The zero-order valence-corrected chi connectivity index (χ0v) is 17.8. The first-order valence-electron chi connectivity index (χ1n) is 10.1. The van der Waals surface area contributed by atoms with Crippen molar-refractivity contribution in [1.82, 2.24) is 9.78 Å². The van der Waals surface area contributed by atoms with E-state index < -0.39 is 0 Å². The van der Waals surface area contributed by atoms with E-state index in [9.17, 15) is 14.0 Å². The third-order valence-electron chi connectivity index (χ3n) is 5.43. The molecule has 0 unspecified atom stereocenters. The standard InChI is InChI=1S/C23H22ClFN4O2/c1-15-2-7-20(19(24)14-15)26-23(31)16-10-12-28(13-11-16)21-8-9-22(30)29(27-21)18-5-3-17(25)4-6-18/h2-9,14,16H,10-13H2,1H3,(H,26,31). The summed E-state index contributed by atoms with van der Waals surface area (Å²) in [4.78, 5) is 27.0. The summed E-state index contributed by atoms with van der Waals surface area (Å²) in [6.45, 7) is 3.21. The van der Waals surface area contributed by atoms with Crippen LogP contribution in [-0.2, 0) is 4.79 Å². The van der Waals surface area contributed by atoms with Crippen LogP contribution in [0.25, 0.3) is 5.69 Å². The van der Waals surface area contributed by atoms with E-state index in [1.54, 1.807) is 6.07 Å². The van der Waals surface area contributed by atoms with Gasteiger partial charge in [0.2, 0.25) is 5.91 Å². The molecule has 1 amide bonds. The molecule has 0 radical (unpaired) electrons. The highest BCUT2D eigenvalue weighted by Gasteiger charge is 2.26. The van der Waals surface area contributed by atoms with Crippen molar-refractivity contribution in [2.75, 3.05) is 23.3 Å². The molecule has 1 fully saturated rings. The zero-order valence-electron chi connectivity index (χ0n) is 17.0. The molecular formula is C23H22ClFN4O2. The van der Waals surface area contributed by atoms with Crippen LogP contribution in [0.2, 0.25) is 5.02 Å². The number of hydrogen-bond acceptors (Lipinski definition) is 4. The first kappa shape index (κ1) is 21.1. The van der Waals surface area contributed by atoms with Crippen LogP contribution >= 0.6 is 11.6 Å².